The number of rotatable bonds is 5. The van der Waals surface area contributed by atoms with Gasteiger partial charge in [0.15, 0.2) is 23.0 Å². The highest BCUT2D eigenvalue weighted by atomic mass is 16.7. The maximum absolute atomic E-state index is 12.8. The lowest BCUT2D eigenvalue weighted by Crippen LogP contribution is -2.61. The Labute approximate surface area is 192 Å². The van der Waals surface area contributed by atoms with E-state index in [2.05, 4.69) is 4.74 Å². The largest absolute Gasteiger partial charge is 0.504 e. The fourth-order valence-electron chi connectivity index (χ4n) is 3.67. The van der Waals surface area contributed by atoms with Gasteiger partial charge in [0.05, 0.1) is 14.2 Å². The summed E-state index contributed by atoms with van der Waals surface area (Å²) in [5.74, 6) is -1.86. The van der Waals surface area contributed by atoms with Gasteiger partial charge in [-0.25, -0.2) is 4.79 Å². The third-order valence-corrected chi connectivity index (χ3v) is 5.42. The van der Waals surface area contributed by atoms with Crippen LogP contribution in [-0.4, -0.2) is 71.3 Å². The van der Waals surface area contributed by atoms with Gasteiger partial charge in [-0.1, -0.05) is 30.3 Å². The maximum atomic E-state index is 12.8. The Morgan fingerprint density at radius 3 is 2.35 bits per heavy atom. The van der Waals surface area contributed by atoms with Crippen LogP contribution in [-0.2, 0) is 14.3 Å². The molecule has 11 heteroatoms. The molecule has 1 fully saturated rings. The molecule has 1 aliphatic heterocycles. The van der Waals surface area contributed by atoms with Gasteiger partial charge in [0, 0.05) is 17.7 Å². The average Bonchev–Trinajstić information content (AvgIpc) is 2.84. The molecule has 1 saturated heterocycles. The SMILES string of the molecule is COC(=O)[C@H]1O[C@@H](Oc2cc3oc(-c4ccccc4)cc(=O)c3c(O)c2OC)[C@H](O)[C@@H](O)[C@@H]1O. The number of ether oxygens (including phenoxy) is 4. The molecule has 0 aliphatic carbocycles. The number of hydrogen-bond donors (Lipinski definition) is 4. The van der Waals surface area contributed by atoms with E-state index in [0.29, 0.717) is 5.56 Å². The molecule has 1 aromatic heterocycles. The predicted octanol–water partition coefficient (Wildman–Crippen LogP) is 0.534. The number of hydrogen-bond acceptors (Lipinski definition) is 11. The Hall–Kier alpha value is -3.64. The molecular formula is C23H22O11. The highest BCUT2D eigenvalue weighted by molar-refractivity contribution is 5.89. The number of aromatic hydroxyl groups is 1. The minimum Gasteiger partial charge on any atom is -0.504 e. The van der Waals surface area contributed by atoms with E-state index in [4.69, 9.17) is 18.6 Å². The van der Waals surface area contributed by atoms with E-state index in [1.807, 2.05) is 0 Å². The van der Waals surface area contributed by atoms with Crippen molar-refractivity contribution in [3.63, 3.8) is 0 Å². The summed E-state index contributed by atoms with van der Waals surface area (Å²) in [6.45, 7) is 0. The topological polar surface area (TPSA) is 165 Å². The molecule has 34 heavy (non-hydrogen) atoms. The van der Waals surface area contributed by atoms with E-state index < -0.39 is 47.9 Å². The molecule has 1 aliphatic rings. The number of carbonyl (C=O) groups excluding carboxylic acids is 1. The standard InChI is InChI=1S/C23H22O11/c1-30-20-14(33-23-19(28)17(26)18(27)21(34-23)22(29)31-2)9-13-15(16(20)25)11(24)8-12(32-13)10-6-4-3-5-7-10/h3-9,17-19,21,23,25-28H,1-2H3/t17-,18-,19+,21-,23+/m0/s1. The van der Waals surface area contributed by atoms with Crippen LogP contribution in [0.4, 0.5) is 0 Å². The van der Waals surface area contributed by atoms with Crippen molar-refractivity contribution in [2.45, 2.75) is 30.7 Å². The molecule has 0 amide bonds. The van der Waals surface area contributed by atoms with Gasteiger partial charge < -0.3 is 43.8 Å². The molecule has 0 saturated carbocycles. The van der Waals surface area contributed by atoms with E-state index >= 15 is 0 Å². The first-order chi connectivity index (χ1) is 16.3. The number of phenols is 1. The summed E-state index contributed by atoms with van der Waals surface area (Å²) in [6, 6.07) is 11.3. The summed E-state index contributed by atoms with van der Waals surface area (Å²) in [4.78, 5) is 24.7. The molecule has 2 heterocycles. The molecule has 0 bridgehead atoms. The first-order valence-electron chi connectivity index (χ1n) is 10.1. The minimum atomic E-state index is -1.81. The second kappa shape index (κ2) is 9.31. The van der Waals surface area contributed by atoms with Crippen molar-refractivity contribution in [3.05, 3.63) is 52.7 Å². The Kier molecular flexibility index (Phi) is 6.44. The van der Waals surface area contributed by atoms with Crippen molar-refractivity contribution in [1.29, 1.82) is 0 Å². The van der Waals surface area contributed by atoms with E-state index in [1.54, 1.807) is 30.3 Å². The van der Waals surface area contributed by atoms with Crippen molar-refractivity contribution in [2.24, 2.45) is 0 Å². The Morgan fingerprint density at radius 1 is 1.00 bits per heavy atom. The quantitative estimate of drug-likeness (QED) is 0.381. The van der Waals surface area contributed by atoms with Gasteiger partial charge >= 0.3 is 5.97 Å². The van der Waals surface area contributed by atoms with E-state index in [-0.39, 0.29) is 28.2 Å². The van der Waals surface area contributed by atoms with Gasteiger partial charge in [-0.15, -0.1) is 0 Å². The van der Waals surface area contributed by atoms with Crippen LogP contribution < -0.4 is 14.9 Å². The fraction of sp³-hybridized carbons (Fsp3) is 0.304. The molecule has 3 aromatic rings. The lowest BCUT2D eigenvalue weighted by atomic mass is 9.99. The number of benzene rings is 2. The molecule has 2 aromatic carbocycles. The van der Waals surface area contributed by atoms with Crippen LogP contribution >= 0.6 is 0 Å². The molecule has 0 radical (unpaired) electrons. The summed E-state index contributed by atoms with van der Waals surface area (Å²) in [5, 5.41) is 41.1. The Balaban J connectivity index is 1.78. The fourth-order valence-corrected chi connectivity index (χ4v) is 3.67. The van der Waals surface area contributed by atoms with Gasteiger partial charge in [0.1, 0.15) is 35.0 Å². The second-order valence-electron chi connectivity index (χ2n) is 7.51. The van der Waals surface area contributed by atoms with Gasteiger partial charge in [-0.2, -0.15) is 0 Å². The van der Waals surface area contributed by atoms with Crippen molar-refractivity contribution < 1.29 is 48.6 Å². The summed E-state index contributed by atoms with van der Waals surface area (Å²) >= 11 is 0. The summed E-state index contributed by atoms with van der Waals surface area (Å²) in [6.07, 6.45) is -8.72. The molecule has 180 valence electrons. The number of esters is 1. The van der Waals surface area contributed by atoms with Crippen molar-refractivity contribution in [1.82, 2.24) is 0 Å². The zero-order valence-electron chi connectivity index (χ0n) is 18.1. The molecule has 4 rings (SSSR count). The van der Waals surface area contributed by atoms with Crippen molar-refractivity contribution >= 4 is 16.9 Å². The van der Waals surface area contributed by atoms with Crippen molar-refractivity contribution in [3.8, 4) is 28.6 Å². The first-order valence-corrected chi connectivity index (χ1v) is 10.1. The smallest absolute Gasteiger partial charge is 0.337 e. The molecule has 0 unspecified atom stereocenters. The molecule has 4 N–H and O–H groups in total. The van der Waals surface area contributed by atoms with Gasteiger partial charge in [0.2, 0.25) is 12.0 Å². The Morgan fingerprint density at radius 2 is 1.71 bits per heavy atom. The van der Waals surface area contributed by atoms with Crippen LogP contribution in [0.25, 0.3) is 22.3 Å². The van der Waals surface area contributed by atoms with Gasteiger partial charge in [-0.3, -0.25) is 4.79 Å². The molecule has 11 nitrogen and oxygen atoms in total. The predicted molar refractivity (Wildman–Crippen MR) is 115 cm³/mol. The third-order valence-electron chi connectivity index (χ3n) is 5.42. The van der Waals surface area contributed by atoms with Gasteiger partial charge in [-0.05, 0) is 0 Å². The zero-order chi connectivity index (χ0) is 24.6. The van der Waals surface area contributed by atoms with Crippen LogP contribution in [0.1, 0.15) is 0 Å². The Bertz CT molecular complexity index is 1250. The molecule has 0 spiro atoms. The minimum absolute atomic E-state index is 0.0601. The van der Waals surface area contributed by atoms with Crippen LogP contribution in [0.3, 0.4) is 0 Å². The lowest BCUT2D eigenvalue weighted by molar-refractivity contribution is -0.272. The van der Waals surface area contributed by atoms with Crippen LogP contribution in [0.15, 0.2) is 51.7 Å². The summed E-state index contributed by atoms with van der Waals surface area (Å²) in [7, 11) is 2.27. The maximum Gasteiger partial charge on any atom is 0.337 e. The van der Waals surface area contributed by atoms with Crippen LogP contribution in [0, 0.1) is 0 Å². The van der Waals surface area contributed by atoms with Crippen LogP contribution in [0.5, 0.6) is 17.2 Å². The third kappa shape index (κ3) is 4.05. The zero-order valence-corrected chi connectivity index (χ0v) is 18.1. The number of fused-ring (bicyclic) bond motifs is 1. The highest BCUT2D eigenvalue weighted by Crippen LogP contribution is 2.43. The number of aliphatic hydroxyl groups excluding tert-OH is 3. The van der Waals surface area contributed by atoms with Gasteiger partial charge in [0.25, 0.3) is 0 Å². The summed E-state index contributed by atoms with van der Waals surface area (Å²) < 4.78 is 26.5. The second-order valence-corrected chi connectivity index (χ2v) is 7.51. The average molecular weight is 474 g/mol. The summed E-state index contributed by atoms with van der Waals surface area (Å²) in [5.41, 5.74) is 0.0131. The number of carbonyl (C=O) groups is 1. The number of aliphatic hydroxyl groups is 3. The number of methoxy groups -OCH3 is 2. The van der Waals surface area contributed by atoms with E-state index in [0.717, 1.165) is 7.11 Å². The van der Waals surface area contributed by atoms with Crippen LogP contribution in [0.2, 0.25) is 0 Å². The van der Waals surface area contributed by atoms with E-state index in [9.17, 15) is 30.0 Å². The highest BCUT2D eigenvalue weighted by Gasteiger charge is 2.48. The first kappa shape index (κ1) is 23.5. The molecule has 5 atom stereocenters. The van der Waals surface area contributed by atoms with Crippen molar-refractivity contribution in [2.75, 3.05) is 14.2 Å². The number of phenolic OH excluding ortho intramolecular Hbond substituents is 1. The van der Waals surface area contributed by atoms with E-state index in [1.165, 1.54) is 19.2 Å². The lowest BCUT2D eigenvalue weighted by Gasteiger charge is -2.38. The monoisotopic (exact) mass is 474 g/mol. The normalized spacial score (nSPS) is 24.6. The molecular weight excluding hydrogens is 452 g/mol.